The molecular formula is C23H26Cl2N4O4. The Kier molecular flexibility index (Phi) is 7.61. The second kappa shape index (κ2) is 10.2. The Morgan fingerprint density at radius 3 is 2.30 bits per heavy atom. The van der Waals surface area contributed by atoms with Crippen molar-refractivity contribution in [3.05, 3.63) is 52.0 Å². The van der Waals surface area contributed by atoms with Crippen LogP contribution in [0.5, 0.6) is 11.5 Å². The van der Waals surface area contributed by atoms with Crippen LogP contribution in [-0.4, -0.2) is 36.1 Å². The van der Waals surface area contributed by atoms with E-state index < -0.39 is 11.7 Å². The summed E-state index contributed by atoms with van der Waals surface area (Å²) in [6, 6.07) is 10.8. The van der Waals surface area contributed by atoms with Crippen molar-refractivity contribution in [3.8, 4) is 22.8 Å². The second-order valence-electron chi connectivity index (χ2n) is 8.08. The van der Waals surface area contributed by atoms with E-state index in [1.165, 1.54) is 14.2 Å². The van der Waals surface area contributed by atoms with E-state index in [0.717, 1.165) is 5.56 Å². The first-order valence-electron chi connectivity index (χ1n) is 10.1. The maximum atomic E-state index is 12.2. The molecule has 3 N–H and O–H groups in total. The monoisotopic (exact) mass is 492 g/mol. The van der Waals surface area contributed by atoms with Crippen LogP contribution in [0.25, 0.3) is 11.3 Å². The molecule has 176 valence electrons. The lowest BCUT2D eigenvalue weighted by molar-refractivity contribution is 0.0636. The van der Waals surface area contributed by atoms with Gasteiger partial charge in [0.2, 0.25) is 0 Å². The second-order valence-corrected chi connectivity index (χ2v) is 8.84. The third-order valence-electron chi connectivity index (χ3n) is 4.54. The molecule has 3 aromatic rings. The number of rotatable bonds is 7. The summed E-state index contributed by atoms with van der Waals surface area (Å²) in [5.41, 5.74) is 2.05. The molecule has 0 aliphatic rings. The van der Waals surface area contributed by atoms with Crippen LogP contribution in [0.1, 0.15) is 26.3 Å². The van der Waals surface area contributed by atoms with Gasteiger partial charge in [-0.3, -0.25) is 10.4 Å². The number of benzene rings is 2. The van der Waals surface area contributed by atoms with Gasteiger partial charge in [-0.2, -0.15) is 5.10 Å². The Balaban J connectivity index is 1.79. The number of carbonyl (C=O) groups is 1. The van der Waals surface area contributed by atoms with Crippen LogP contribution in [0, 0.1) is 0 Å². The number of aromatic amines is 1. The summed E-state index contributed by atoms with van der Waals surface area (Å²) in [6.07, 6.45) is -0.538. The summed E-state index contributed by atoms with van der Waals surface area (Å²) in [6.45, 7) is 5.71. The van der Waals surface area contributed by atoms with Gasteiger partial charge in [-0.05, 0) is 26.8 Å². The highest BCUT2D eigenvalue weighted by atomic mass is 35.5. The summed E-state index contributed by atoms with van der Waals surface area (Å²) in [7, 11) is 3.04. The fourth-order valence-electron chi connectivity index (χ4n) is 3.06. The highest BCUT2D eigenvalue weighted by Gasteiger charge is 2.19. The molecule has 2 aromatic carbocycles. The number of nitrogens with one attached hydrogen (secondary N) is 3. The zero-order valence-corrected chi connectivity index (χ0v) is 20.5. The van der Waals surface area contributed by atoms with Crippen LogP contribution in [-0.2, 0) is 11.3 Å². The summed E-state index contributed by atoms with van der Waals surface area (Å²) in [5.74, 6) is 1.48. The van der Waals surface area contributed by atoms with Crippen molar-refractivity contribution in [2.75, 3.05) is 24.9 Å². The summed E-state index contributed by atoms with van der Waals surface area (Å²) < 4.78 is 16.0. The average Bonchev–Trinajstić information content (AvgIpc) is 3.21. The van der Waals surface area contributed by atoms with Crippen molar-refractivity contribution >= 4 is 40.8 Å². The van der Waals surface area contributed by atoms with E-state index in [1.54, 1.807) is 12.1 Å². The highest BCUT2D eigenvalue weighted by Crippen LogP contribution is 2.40. The third kappa shape index (κ3) is 6.03. The predicted octanol–water partition coefficient (Wildman–Crippen LogP) is 6.36. The number of ether oxygens (including phenoxy) is 3. The van der Waals surface area contributed by atoms with Gasteiger partial charge in [0.25, 0.3) is 0 Å². The van der Waals surface area contributed by atoms with Gasteiger partial charge in [-0.15, -0.1) is 0 Å². The molecule has 1 amide bonds. The van der Waals surface area contributed by atoms with E-state index >= 15 is 0 Å². The molecule has 1 aromatic heterocycles. The molecule has 1 heterocycles. The zero-order valence-electron chi connectivity index (χ0n) is 19.0. The Morgan fingerprint density at radius 1 is 1.06 bits per heavy atom. The molecule has 0 aliphatic carbocycles. The Bertz CT molecular complexity index is 1110. The molecule has 10 heteroatoms. The Hall–Kier alpha value is -3.10. The summed E-state index contributed by atoms with van der Waals surface area (Å²) in [5, 5.41) is 14.0. The zero-order chi connectivity index (χ0) is 24.2. The van der Waals surface area contributed by atoms with Gasteiger partial charge in [0.05, 0.1) is 35.6 Å². The number of nitrogens with zero attached hydrogens (tertiary/aromatic N) is 1. The van der Waals surface area contributed by atoms with Crippen LogP contribution in [0.15, 0.2) is 36.4 Å². The minimum atomic E-state index is -0.602. The topological polar surface area (TPSA) is 97.5 Å². The first kappa shape index (κ1) is 24.5. The molecule has 0 atom stereocenters. The molecule has 3 rings (SSSR count). The molecule has 8 nitrogen and oxygen atoms in total. The molecule has 0 unspecified atom stereocenters. The van der Waals surface area contributed by atoms with Crippen molar-refractivity contribution in [2.45, 2.75) is 32.9 Å². The standard InChI is InChI=1S/C23H26Cl2N4O4/c1-23(2,3)33-22(30)27-15-9-7-6-8-13(15)16-10-19(29-28-16)26-12-14-20(24)17(31-4)11-18(32-5)21(14)25/h6-11H,12H2,1-5H3,(H,27,30)(H2,26,28,29). The number of para-hydroxylation sites is 1. The first-order valence-corrected chi connectivity index (χ1v) is 10.9. The summed E-state index contributed by atoms with van der Waals surface area (Å²) in [4.78, 5) is 12.2. The Morgan fingerprint density at radius 2 is 1.70 bits per heavy atom. The van der Waals surface area contributed by atoms with Gasteiger partial charge in [0.1, 0.15) is 22.9 Å². The van der Waals surface area contributed by atoms with Crippen molar-refractivity contribution in [1.29, 1.82) is 0 Å². The number of H-pyrrole nitrogens is 1. The maximum Gasteiger partial charge on any atom is 0.412 e. The van der Waals surface area contributed by atoms with Crippen molar-refractivity contribution in [2.24, 2.45) is 0 Å². The van der Waals surface area contributed by atoms with E-state index in [0.29, 0.717) is 44.3 Å². The number of hydrogen-bond acceptors (Lipinski definition) is 6. The molecule has 0 aliphatic heterocycles. The van der Waals surface area contributed by atoms with Crippen LogP contribution >= 0.6 is 23.2 Å². The largest absolute Gasteiger partial charge is 0.495 e. The number of anilines is 2. The number of halogens is 2. The van der Waals surface area contributed by atoms with Crippen LogP contribution in [0.2, 0.25) is 10.0 Å². The molecule has 0 radical (unpaired) electrons. The average molecular weight is 493 g/mol. The van der Waals surface area contributed by atoms with Crippen LogP contribution in [0.3, 0.4) is 0 Å². The van der Waals surface area contributed by atoms with E-state index in [-0.39, 0.29) is 6.54 Å². The number of carbonyl (C=O) groups excluding carboxylic acids is 1. The lowest BCUT2D eigenvalue weighted by atomic mass is 10.1. The SMILES string of the molecule is COc1cc(OC)c(Cl)c(CNc2cc(-c3ccccc3NC(=O)OC(C)(C)C)[nH]n2)c1Cl. The van der Waals surface area contributed by atoms with Gasteiger partial charge in [-0.1, -0.05) is 41.4 Å². The van der Waals surface area contributed by atoms with Gasteiger partial charge in [-0.25, -0.2) is 4.79 Å². The van der Waals surface area contributed by atoms with Crippen molar-refractivity contribution in [3.63, 3.8) is 0 Å². The fraction of sp³-hybridized carbons (Fsp3) is 0.304. The van der Waals surface area contributed by atoms with Gasteiger partial charge in [0.15, 0.2) is 0 Å². The van der Waals surface area contributed by atoms with E-state index in [2.05, 4.69) is 20.8 Å². The van der Waals surface area contributed by atoms with E-state index in [4.69, 9.17) is 37.4 Å². The molecular weight excluding hydrogens is 467 g/mol. The number of hydrogen-bond donors (Lipinski definition) is 3. The van der Waals surface area contributed by atoms with Crippen LogP contribution in [0.4, 0.5) is 16.3 Å². The number of aromatic nitrogens is 2. The van der Waals surface area contributed by atoms with Crippen molar-refractivity contribution in [1.82, 2.24) is 10.2 Å². The minimum Gasteiger partial charge on any atom is -0.495 e. The first-order chi connectivity index (χ1) is 15.6. The smallest absolute Gasteiger partial charge is 0.412 e. The van der Waals surface area contributed by atoms with E-state index in [9.17, 15) is 4.79 Å². The predicted molar refractivity (Wildman–Crippen MR) is 131 cm³/mol. The molecule has 0 saturated carbocycles. The number of methoxy groups -OCH3 is 2. The third-order valence-corrected chi connectivity index (χ3v) is 5.37. The lowest BCUT2D eigenvalue weighted by Gasteiger charge is -2.20. The molecule has 0 bridgehead atoms. The molecule has 0 saturated heterocycles. The maximum absolute atomic E-state index is 12.2. The molecule has 33 heavy (non-hydrogen) atoms. The van der Waals surface area contributed by atoms with E-state index in [1.807, 2.05) is 45.0 Å². The van der Waals surface area contributed by atoms with Gasteiger partial charge < -0.3 is 19.5 Å². The summed E-state index contributed by atoms with van der Waals surface area (Å²) >= 11 is 12.9. The lowest BCUT2D eigenvalue weighted by Crippen LogP contribution is -2.27. The normalized spacial score (nSPS) is 11.1. The quantitative estimate of drug-likeness (QED) is 0.354. The van der Waals surface area contributed by atoms with Crippen LogP contribution < -0.4 is 20.1 Å². The molecule has 0 spiro atoms. The fourth-order valence-corrected chi connectivity index (χ4v) is 3.70. The Labute approximate surface area is 202 Å². The van der Waals surface area contributed by atoms with Gasteiger partial charge in [0, 0.05) is 29.8 Å². The highest BCUT2D eigenvalue weighted by molar-refractivity contribution is 6.37. The van der Waals surface area contributed by atoms with Gasteiger partial charge >= 0.3 is 6.09 Å². The van der Waals surface area contributed by atoms with Crippen molar-refractivity contribution < 1.29 is 19.0 Å². The minimum absolute atomic E-state index is 0.285. The molecule has 0 fully saturated rings. The number of amides is 1.